The molecule has 0 atom stereocenters. The van der Waals surface area contributed by atoms with Gasteiger partial charge in [0.05, 0.1) is 11.4 Å². The Labute approximate surface area is 164 Å². The molecular weight excluding hydrogens is 350 g/mol. The third-order valence-electron chi connectivity index (χ3n) is 4.90. The summed E-state index contributed by atoms with van der Waals surface area (Å²) in [5, 5.41) is 7.92. The smallest absolute Gasteiger partial charge is 0.183 e. The van der Waals surface area contributed by atoms with Crippen LogP contribution in [0.4, 0.5) is 5.13 Å². The zero-order valence-electron chi connectivity index (χ0n) is 15.9. The summed E-state index contributed by atoms with van der Waals surface area (Å²) in [6, 6.07) is 19.3. The summed E-state index contributed by atoms with van der Waals surface area (Å²) in [6.07, 6.45) is 2.35. The molecule has 4 aromatic rings. The zero-order chi connectivity index (χ0) is 18.6. The maximum atomic E-state index is 4.93. The number of hydrogen-bond acceptors (Lipinski definition) is 3. The van der Waals surface area contributed by atoms with Crippen molar-refractivity contribution < 1.29 is 0 Å². The van der Waals surface area contributed by atoms with Gasteiger partial charge < -0.3 is 9.88 Å². The molecule has 1 N–H and O–H groups in total. The maximum absolute atomic E-state index is 4.93. The first kappa shape index (κ1) is 17.8. The fourth-order valence-electron chi connectivity index (χ4n) is 3.63. The predicted molar refractivity (Wildman–Crippen MR) is 118 cm³/mol. The van der Waals surface area contributed by atoms with E-state index in [0.29, 0.717) is 0 Å². The lowest BCUT2D eigenvalue weighted by Gasteiger charge is -2.10. The number of nitrogens with one attached hydrogen (secondary N) is 1. The fraction of sp³-hybridized carbons (Fsp3) is 0.261. The molecule has 0 aliphatic carbocycles. The summed E-state index contributed by atoms with van der Waals surface area (Å²) in [4.78, 5) is 4.93. The van der Waals surface area contributed by atoms with Gasteiger partial charge in [0.25, 0.3) is 0 Å². The van der Waals surface area contributed by atoms with Crippen LogP contribution < -0.4 is 5.32 Å². The van der Waals surface area contributed by atoms with E-state index in [4.69, 9.17) is 4.98 Å². The predicted octanol–water partition coefficient (Wildman–Crippen LogP) is 6.66. The van der Waals surface area contributed by atoms with Gasteiger partial charge in [-0.1, -0.05) is 61.9 Å². The molecule has 2 heterocycles. The molecule has 3 nitrogen and oxygen atoms in total. The van der Waals surface area contributed by atoms with Crippen molar-refractivity contribution in [1.82, 2.24) is 9.55 Å². The van der Waals surface area contributed by atoms with Gasteiger partial charge in [0.2, 0.25) is 0 Å². The van der Waals surface area contributed by atoms with Crippen molar-refractivity contribution in [2.45, 2.75) is 33.2 Å². The van der Waals surface area contributed by atoms with E-state index in [2.05, 4.69) is 83.7 Å². The first-order valence-electron chi connectivity index (χ1n) is 9.69. The van der Waals surface area contributed by atoms with E-state index in [1.165, 1.54) is 40.6 Å². The molecule has 0 aliphatic heterocycles. The van der Waals surface area contributed by atoms with E-state index in [1.54, 1.807) is 11.3 Å². The lowest BCUT2D eigenvalue weighted by atomic mass is 10.0. The van der Waals surface area contributed by atoms with Crippen LogP contribution in [-0.2, 0) is 6.54 Å². The van der Waals surface area contributed by atoms with Gasteiger partial charge in [0, 0.05) is 34.9 Å². The van der Waals surface area contributed by atoms with Crippen molar-refractivity contribution in [1.29, 1.82) is 0 Å². The van der Waals surface area contributed by atoms with Gasteiger partial charge in [-0.25, -0.2) is 4.98 Å². The highest BCUT2D eigenvalue weighted by atomic mass is 32.1. The third kappa shape index (κ3) is 3.37. The largest absolute Gasteiger partial charge is 0.362 e. The van der Waals surface area contributed by atoms with Crippen molar-refractivity contribution in [2.24, 2.45) is 0 Å². The molecule has 0 fully saturated rings. The van der Waals surface area contributed by atoms with Crippen molar-refractivity contribution >= 4 is 27.4 Å². The Bertz CT molecular complexity index is 1030. The molecule has 2 aromatic carbocycles. The second-order valence-electron chi connectivity index (χ2n) is 6.67. The monoisotopic (exact) mass is 375 g/mol. The topological polar surface area (TPSA) is 29.9 Å². The van der Waals surface area contributed by atoms with Gasteiger partial charge in [-0.2, -0.15) is 0 Å². The van der Waals surface area contributed by atoms with Gasteiger partial charge in [0.15, 0.2) is 5.13 Å². The molecule has 0 unspecified atom stereocenters. The average Bonchev–Trinajstić information content (AvgIpc) is 3.30. The molecule has 0 amide bonds. The van der Waals surface area contributed by atoms with Crippen LogP contribution in [0.25, 0.3) is 33.4 Å². The van der Waals surface area contributed by atoms with E-state index in [0.717, 1.165) is 23.9 Å². The number of thiazole rings is 1. The van der Waals surface area contributed by atoms with Gasteiger partial charge in [-0.05, 0) is 25.0 Å². The Morgan fingerprint density at radius 1 is 1.00 bits per heavy atom. The number of benzene rings is 2. The molecule has 4 heteroatoms. The number of rotatable bonds is 7. The molecule has 27 heavy (non-hydrogen) atoms. The highest BCUT2D eigenvalue weighted by Gasteiger charge is 2.20. The minimum absolute atomic E-state index is 0.927. The Balaban J connectivity index is 1.89. The maximum Gasteiger partial charge on any atom is 0.183 e. The summed E-state index contributed by atoms with van der Waals surface area (Å²) >= 11 is 1.69. The highest BCUT2D eigenvalue weighted by molar-refractivity contribution is 7.14. The van der Waals surface area contributed by atoms with E-state index in [9.17, 15) is 0 Å². The highest BCUT2D eigenvalue weighted by Crippen LogP contribution is 2.41. The van der Waals surface area contributed by atoms with Gasteiger partial charge >= 0.3 is 0 Å². The van der Waals surface area contributed by atoms with Crippen molar-refractivity contribution in [3.05, 3.63) is 60.0 Å². The molecule has 0 bridgehead atoms. The summed E-state index contributed by atoms with van der Waals surface area (Å²) in [6.45, 7) is 6.32. The van der Waals surface area contributed by atoms with Crippen LogP contribution in [0.1, 0.15) is 26.7 Å². The van der Waals surface area contributed by atoms with Gasteiger partial charge in [-0.3, -0.25) is 0 Å². The molecule has 2 aromatic heterocycles. The van der Waals surface area contributed by atoms with Crippen molar-refractivity contribution in [2.75, 3.05) is 11.9 Å². The van der Waals surface area contributed by atoms with Crippen LogP contribution in [0.3, 0.4) is 0 Å². The Kier molecular flexibility index (Phi) is 5.26. The number of anilines is 1. The number of aryl methyl sites for hydroxylation is 1. The van der Waals surface area contributed by atoms with Crippen LogP contribution >= 0.6 is 11.3 Å². The van der Waals surface area contributed by atoms with Crippen LogP contribution in [0.15, 0.2) is 60.0 Å². The fourth-order valence-corrected chi connectivity index (χ4v) is 4.36. The minimum Gasteiger partial charge on any atom is -0.362 e. The second-order valence-corrected chi connectivity index (χ2v) is 7.53. The Morgan fingerprint density at radius 2 is 1.78 bits per heavy atom. The molecule has 4 rings (SSSR count). The molecule has 0 saturated heterocycles. The zero-order valence-corrected chi connectivity index (χ0v) is 16.7. The lowest BCUT2D eigenvalue weighted by molar-refractivity contribution is 0.806. The lowest BCUT2D eigenvalue weighted by Crippen LogP contribution is -2.00. The standard InChI is InChI=1S/C23H25N3S/c1-3-5-15-24-23-25-19(16-27-23)21-18-13-9-10-14-20(18)26(4-2)22(21)17-11-7-6-8-12-17/h6-14,16H,3-5,15H2,1-2H3,(H,24,25). The summed E-state index contributed by atoms with van der Waals surface area (Å²) in [7, 11) is 0. The van der Waals surface area contributed by atoms with E-state index < -0.39 is 0 Å². The second kappa shape index (κ2) is 7.97. The quantitative estimate of drug-likeness (QED) is 0.366. The van der Waals surface area contributed by atoms with Gasteiger partial charge in [-0.15, -0.1) is 11.3 Å². The Hall–Kier alpha value is -2.59. The van der Waals surface area contributed by atoms with Crippen LogP contribution in [0, 0.1) is 0 Å². The van der Waals surface area contributed by atoms with Crippen molar-refractivity contribution in [3.63, 3.8) is 0 Å². The number of para-hydroxylation sites is 1. The SMILES string of the molecule is CCCCNc1nc(-c2c(-c3ccccc3)n(CC)c3ccccc23)cs1. The minimum atomic E-state index is 0.927. The van der Waals surface area contributed by atoms with Crippen LogP contribution in [-0.4, -0.2) is 16.1 Å². The van der Waals surface area contributed by atoms with Crippen LogP contribution in [0.2, 0.25) is 0 Å². The molecule has 0 saturated carbocycles. The normalized spacial score (nSPS) is 11.2. The van der Waals surface area contributed by atoms with Crippen LogP contribution in [0.5, 0.6) is 0 Å². The summed E-state index contributed by atoms with van der Waals surface area (Å²) in [5.41, 5.74) is 6.05. The molecule has 0 spiro atoms. The molecule has 138 valence electrons. The third-order valence-corrected chi connectivity index (χ3v) is 5.70. The first-order chi connectivity index (χ1) is 13.3. The van der Waals surface area contributed by atoms with E-state index in [-0.39, 0.29) is 0 Å². The average molecular weight is 376 g/mol. The molecule has 0 radical (unpaired) electrons. The number of aromatic nitrogens is 2. The summed E-state index contributed by atoms with van der Waals surface area (Å²) < 4.78 is 2.41. The molecule has 0 aliphatic rings. The van der Waals surface area contributed by atoms with E-state index in [1.807, 2.05) is 0 Å². The van der Waals surface area contributed by atoms with Crippen molar-refractivity contribution in [3.8, 4) is 22.5 Å². The van der Waals surface area contributed by atoms with E-state index >= 15 is 0 Å². The number of hydrogen-bond donors (Lipinski definition) is 1. The first-order valence-corrected chi connectivity index (χ1v) is 10.6. The number of unbranched alkanes of at least 4 members (excludes halogenated alkanes) is 1. The molecular formula is C23H25N3S. The number of nitrogens with zero attached hydrogens (tertiary/aromatic N) is 2. The van der Waals surface area contributed by atoms with Gasteiger partial charge in [0.1, 0.15) is 0 Å². The number of fused-ring (bicyclic) bond motifs is 1. The summed E-state index contributed by atoms with van der Waals surface area (Å²) in [5.74, 6) is 0. The Morgan fingerprint density at radius 3 is 2.56 bits per heavy atom.